The summed E-state index contributed by atoms with van der Waals surface area (Å²) in [4.78, 5) is 40.4. The van der Waals surface area contributed by atoms with Gasteiger partial charge in [0, 0.05) is 11.3 Å². The number of allylic oxidation sites excluding steroid dienone is 2. The van der Waals surface area contributed by atoms with Crippen LogP contribution in [0.4, 0.5) is 11.4 Å². The van der Waals surface area contributed by atoms with Gasteiger partial charge in [-0.1, -0.05) is 57.2 Å². The van der Waals surface area contributed by atoms with Gasteiger partial charge in [-0.2, -0.15) is 0 Å². The molecule has 31 heavy (non-hydrogen) atoms. The van der Waals surface area contributed by atoms with Crippen LogP contribution in [-0.4, -0.2) is 17.7 Å². The highest BCUT2D eigenvalue weighted by atomic mass is 16.2. The number of benzene rings is 2. The van der Waals surface area contributed by atoms with Crippen molar-refractivity contribution >= 4 is 29.1 Å². The second-order valence-corrected chi connectivity index (χ2v) is 8.33. The van der Waals surface area contributed by atoms with Crippen molar-refractivity contribution in [1.29, 1.82) is 0 Å². The number of fused-ring (bicyclic) bond motifs is 1. The van der Waals surface area contributed by atoms with Gasteiger partial charge in [0.25, 0.3) is 5.91 Å². The molecule has 2 aromatic carbocycles. The average Bonchev–Trinajstić information content (AvgIpc) is 3.05. The molecule has 0 spiro atoms. The molecule has 1 aliphatic carbocycles. The van der Waals surface area contributed by atoms with Crippen molar-refractivity contribution in [3.63, 3.8) is 0 Å². The number of carbonyl (C=O) groups is 3. The van der Waals surface area contributed by atoms with E-state index in [1.165, 1.54) is 4.90 Å². The second kappa shape index (κ2) is 8.50. The van der Waals surface area contributed by atoms with Crippen LogP contribution < -0.4 is 10.2 Å². The third-order valence-electron chi connectivity index (χ3n) is 6.48. The topological polar surface area (TPSA) is 66.5 Å². The molecule has 0 radical (unpaired) electrons. The first-order valence-electron chi connectivity index (χ1n) is 11.0. The smallest absolute Gasteiger partial charge is 0.255 e. The van der Waals surface area contributed by atoms with E-state index in [4.69, 9.17) is 0 Å². The van der Waals surface area contributed by atoms with E-state index in [-0.39, 0.29) is 35.5 Å². The van der Waals surface area contributed by atoms with Crippen molar-refractivity contribution in [3.8, 4) is 0 Å². The highest BCUT2D eigenvalue weighted by Crippen LogP contribution is 2.40. The van der Waals surface area contributed by atoms with Crippen molar-refractivity contribution in [3.05, 3.63) is 71.3 Å². The zero-order chi connectivity index (χ0) is 22.1. The van der Waals surface area contributed by atoms with Gasteiger partial charge in [-0.25, -0.2) is 0 Å². The zero-order valence-corrected chi connectivity index (χ0v) is 18.2. The second-order valence-electron chi connectivity index (χ2n) is 8.33. The minimum Gasteiger partial charge on any atom is -0.321 e. The molecule has 160 valence electrons. The van der Waals surface area contributed by atoms with Crippen LogP contribution in [0.15, 0.2) is 54.6 Å². The third-order valence-corrected chi connectivity index (χ3v) is 6.48. The van der Waals surface area contributed by atoms with Gasteiger partial charge in [0.05, 0.1) is 17.5 Å². The Morgan fingerprint density at radius 3 is 2.35 bits per heavy atom. The number of amides is 3. The number of nitrogens with zero attached hydrogens (tertiary/aromatic N) is 1. The lowest BCUT2D eigenvalue weighted by molar-refractivity contribution is -0.122. The average molecular weight is 417 g/mol. The summed E-state index contributed by atoms with van der Waals surface area (Å²) in [7, 11) is 0. The van der Waals surface area contributed by atoms with E-state index in [1.54, 1.807) is 24.3 Å². The summed E-state index contributed by atoms with van der Waals surface area (Å²) >= 11 is 0. The highest BCUT2D eigenvalue weighted by Gasteiger charge is 2.50. The van der Waals surface area contributed by atoms with E-state index in [2.05, 4.69) is 19.2 Å². The molecule has 1 aliphatic heterocycles. The van der Waals surface area contributed by atoms with Gasteiger partial charge >= 0.3 is 0 Å². The lowest BCUT2D eigenvalue weighted by Gasteiger charge is -2.22. The number of hydrogen-bond acceptors (Lipinski definition) is 3. The third kappa shape index (κ3) is 3.69. The molecule has 0 saturated carbocycles. The molecule has 0 bridgehead atoms. The summed E-state index contributed by atoms with van der Waals surface area (Å²) in [5, 5.41) is 3.06. The Kier molecular flexibility index (Phi) is 5.77. The molecular formula is C26H28N2O3. The number of anilines is 2. The predicted octanol–water partition coefficient (Wildman–Crippen LogP) is 4.77. The largest absolute Gasteiger partial charge is 0.321 e. The maximum Gasteiger partial charge on any atom is 0.255 e. The Hall–Kier alpha value is -3.21. The van der Waals surface area contributed by atoms with Crippen molar-refractivity contribution < 1.29 is 14.4 Å². The quantitative estimate of drug-likeness (QED) is 0.564. The van der Waals surface area contributed by atoms with Crippen LogP contribution in [0.2, 0.25) is 0 Å². The molecule has 1 heterocycles. The van der Waals surface area contributed by atoms with Crippen LogP contribution in [0.5, 0.6) is 0 Å². The number of imide groups is 1. The molecular weight excluding hydrogens is 388 g/mol. The molecule has 5 nitrogen and oxygen atoms in total. The van der Waals surface area contributed by atoms with Gasteiger partial charge < -0.3 is 5.32 Å². The fraction of sp³-hybridized carbons (Fsp3) is 0.346. The molecule has 3 amide bonds. The normalized spacial score (nSPS) is 22.5. The van der Waals surface area contributed by atoms with E-state index in [0.717, 1.165) is 29.7 Å². The number of para-hydroxylation sites is 1. The number of carbonyl (C=O) groups excluding carboxylic acids is 3. The number of rotatable bonds is 5. The van der Waals surface area contributed by atoms with Gasteiger partial charge in [-0.05, 0) is 54.5 Å². The Morgan fingerprint density at radius 2 is 1.71 bits per heavy atom. The molecule has 3 atom stereocenters. The van der Waals surface area contributed by atoms with Gasteiger partial charge in [0.2, 0.25) is 11.8 Å². The summed E-state index contributed by atoms with van der Waals surface area (Å²) in [5.41, 5.74) is 3.90. The van der Waals surface area contributed by atoms with Crippen LogP contribution in [0.25, 0.3) is 0 Å². The van der Waals surface area contributed by atoms with Crippen LogP contribution in [0.3, 0.4) is 0 Å². The summed E-state index contributed by atoms with van der Waals surface area (Å²) in [6.07, 6.45) is 6.21. The number of hydrogen-bond donors (Lipinski definition) is 1. The van der Waals surface area contributed by atoms with Crippen LogP contribution in [-0.2, 0) is 22.4 Å². The SMILES string of the molecule is CCc1cccc(CC)c1NC(=O)c1cccc(N2C(=O)[C@@H]3[C@@H](C)C=CC[C@H]3C2=O)c1. The minimum atomic E-state index is -0.321. The molecule has 1 fully saturated rings. The van der Waals surface area contributed by atoms with E-state index in [1.807, 2.05) is 37.3 Å². The van der Waals surface area contributed by atoms with E-state index >= 15 is 0 Å². The first-order chi connectivity index (χ1) is 15.0. The Morgan fingerprint density at radius 1 is 1.03 bits per heavy atom. The number of nitrogens with one attached hydrogen (secondary N) is 1. The van der Waals surface area contributed by atoms with Crippen molar-refractivity contribution in [2.24, 2.45) is 17.8 Å². The summed E-state index contributed by atoms with van der Waals surface area (Å²) < 4.78 is 0. The minimum absolute atomic E-state index is 0.0321. The van der Waals surface area contributed by atoms with Crippen molar-refractivity contribution in [1.82, 2.24) is 0 Å². The Balaban J connectivity index is 1.62. The van der Waals surface area contributed by atoms with Gasteiger partial charge in [0.1, 0.15) is 0 Å². The molecule has 1 saturated heterocycles. The van der Waals surface area contributed by atoms with Gasteiger partial charge in [-0.3, -0.25) is 19.3 Å². The Bertz CT molecular complexity index is 1050. The molecule has 2 aliphatic rings. The molecule has 1 N–H and O–H groups in total. The van der Waals surface area contributed by atoms with Gasteiger partial charge in [-0.15, -0.1) is 0 Å². The zero-order valence-electron chi connectivity index (χ0n) is 18.2. The van der Waals surface area contributed by atoms with Crippen molar-refractivity contribution in [2.45, 2.75) is 40.0 Å². The maximum absolute atomic E-state index is 13.1. The summed E-state index contributed by atoms with van der Waals surface area (Å²) in [6, 6.07) is 12.8. The molecule has 0 aromatic heterocycles. The fourth-order valence-electron chi connectivity index (χ4n) is 4.78. The fourth-order valence-corrected chi connectivity index (χ4v) is 4.78. The van der Waals surface area contributed by atoms with Crippen LogP contribution in [0.1, 0.15) is 48.7 Å². The molecule has 2 aromatic rings. The first-order valence-corrected chi connectivity index (χ1v) is 11.0. The number of aryl methyl sites for hydroxylation is 2. The summed E-state index contributed by atoms with van der Waals surface area (Å²) in [6.45, 7) is 6.10. The highest BCUT2D eigenvalue weighted by molar-refractivity contribution is 6.22. The monoisotopic (exact) mass is 416 g/mol. The van der Waals surface area contributed by atoms with Crippen LogP contribution in [0, 0.1) is 17.8 Å². The van der Waals surface area contributed by atoms with E-state index < -0.39 is 0 Å². The van der Waals surface area contributed by atoms with Crippen LogP contribution >= 0.6 is 0 Å². The summed E-state index contributed by atoms with van der Waals surface area (Å²) in [5.74, 6) is -1.19. The molecule has 4 rings (SSSR count). The lowest BCUT2D eigenvalue weighted by atomic mass is 9.78. The predicted molar refractivity (Wildman–Crippen MR) is 122 cm³/mol. The molecule has 0 unspecified atom stereocenters. The van der Waals surface area contributed by atoms with E-state index in [9.17, 15) is 14.4 Å². The first kappa shape index (κ1) is 21.0. The Labute approximate surface area is 183 Å². The maximum atomic E-state index is 13.1. The standard InChI is InChI=1S/C26H28N2O3/c1-4-17-10-7-11-18(5-2)23(17)27-24(29)19-12-8-13-20(15-19)28-25(30)21-14-6-9-16(3)22(21)26(28)31/h6-13,15-16,21-22H,4-5,14H2,1-3H3,(H,27,29)/t16-,21+,22+/m0/s1. The molecule has 5 heteroatoms. The van der Waals surface area contributed by atoms with Gasteiger partial charge in [0.15, 0.2) is 0 Å². The van der Waals surface area contributed by atoms with E-state index in [0.29, 0.717) is 17.7 Å². The van der Waals surface area contributed by atoms with Crippen molar-refractivity contribution in [2.75, 3.05) is 10.2 Å². The lowest BCUT2D eigenvalue weighted by Crippen LogP contribution is -2.31.